The van der Waals surface area contributed by atoms with Crippen molar-refractivity contribution in [3.8, 4) is 11.4 Å². The number of hydrogen-bond donors (Lipinski definition) is 1. The average Bonchev–Trinajstić information content (AvgIpc) is 2.96. The zero-order valence-corrected chi connectivity index (χ0v) is 10.7. The summed E-state index contributed by atoms with van der Waals surface area (Å²) in [5.74, 6) is -1.33. The van der Waals surface area contributed by atoms with Crippen molar-refractivity contribution in [1.82, 2.24) is 9.72 Å². The van der Waals surface area contributed by atoms with Gasteiger partial charge in [-0.15, -0.1) is 0 Å². The summed E-state index contributed by atoms with van der Waals surface area (Å²) in [5.41, 5.74) is 2.16. The van der Waals surface area contributed by atoms with E-state index < -0.39 is 5.97 Å². The zero-order valence-electron chi connectivity index (χ0n) is 9.92. The molecule has 0 bridgehead atoms. The molecule has 0 radical (unpaired) electrons. The number of nitrogens with zero attached hydrogens (tertiary/aromatic N) is 2. The number of carboxylic acid groups (broad SMARTS) is 1. The number of fused-ring (bicyclic) bond motifs is 1. The van der Waals surface area contributed by atoms with Gasteiger partial charge in [0.1, 0.15) is 5.69 Å². The molecule has 0 fully saturated rings. The largest absolute Gasteiger partial charge is 0.475 e. The monoisotopic (exact) mass is 276 g/mol. The standard InChI is InChI=1S/C13H9ClN2O3/c1-16-10-4-2-3-8(14)7(10)5-11(16)9-6-12(13(17)18)19-15-9/h2-6H,1H3,(H,17,18). The highest BCUT2D eigenvalue weighted by Crippen LogP contribution is 2.31. The summed E-state index contributed by atoms with van der Waals surface area (Å²) in [5, 5.41) is 14.1. The van der Waals surface area contributed by atoms with Crippen molar-refractivity contribution in [2.75, 3.05) is 0 Å². The van der Waals surface area contributed by atoms with E-state index in [9.17, 15) is 4.79 Å². The second-order valence-corrected chi connectivity index (χ2v) is 4.55. The molecule has 1 aromatic carbocycles. The highest BCUT2D eigenvalue weighted by atomic mass is 35.5. The molecule has 0 saturated heterocycles. The van der Waals surface area contributed by atoms with Crippen molar-refractivity contribution in [2.24, 2.45) is 7.05 Å². The molecule has 6 heteroatoms. The third kappa shape index (κ3) is 1.79. The Morgan fingerprint density at radius 1 is 1.42 bits per heavy atom. The number of aryl methyl sites for hydroxylation is 1. The summed E-state index contributed by atoms with van der Waals surface area (Å²) in [7, 11) is 1.86. The summed E-state index contributed by atoms with van der Waals surface area (Å²) < 4.78 is 6.66. The summed E-state index contributed by atoms with van der Waals surface area (Å²) in [4.78, 5) is 10.8. The van der Waals surface area contributed by atoms with E-state index in [1.165, 1.54) is 6.07 Å². The van der Waals surface area contributed by atoms with E-state index in [4.69, 9.17) is 21.2 Å². The van der Waals surface area contributed by atoms with Crippen LogP contribution in [0.1, 0.15) is 10.6 Å². The molecule has 0 saturated carbocycles. The van der Waals surface area contributed by atoms with Crippen molar-refractivity contribution < 1.29 is 14.4 Å². The van der Waals surface area contributed by atoms with E-state index in [1.54, 1.807) is 6.07 Å². The maximum absolute atomic E-state index is 10.8. The molecule has 1 N–H and O–H groups in total. The molecule has 19 heavy (non-hydrogen) atoms. The van der Waals surface area contributed by atoms with E-state index in [-0.39, 0.29) is 5.76 Å². The molecule has 0 spiro atoms. The Bertz CT molecular complexity index is 788. The van der Waals surface area contributed by atoms with Gasteiger partial charge in [0.2, 0.25) is 5.76 Å². The normalized spacial score (nSPS) is 11.1. The van der Waals surface area contributed by atoms with Crippen LogP contribution in [0.2, 0.25) is 5.02 Å². The highest BCUT2D eigenvalue weighted by Gasteiger charge is 2.16. The van der Waals surface area contributed by atoms with Crippen molar-refractivity contribution in [1.29, 1.82) is 0 Å². The number of carboxylic acids is 1. The molecule has 3 rings (SSSR count). The molecule has 2 heterocycles. The second kappa shape index (κ2) is 4.13. The number of carbonyl (C=O) groups is 1. The molecule has 0 unspecified atom stereocenters. The smallest absolute Gasteiger partial charge is 0.374 e. The molecule has 0 aliphatic carbocycles. The minimum atomic E-state index is -1.14. The Hall–Kier alpha value is -2.27. The number of benzene rings is 1. The van der Waals surface area contributed by atoms with Gasteiger partial charge in [0.25, 0.3) is 0 Å². The van der Waals surface area contributed by atoms with Gasteiger partial charge in [0.15, 0.2) is 0 Å². The van der Waals surface area contributed by atoms with Gasteiger partial charge in [-0.25, -0.2) is 4.79 Å². The van der Waals surface area contributed by atoms with Gasteiger partial charge >= 0.3 is 5.97 Å². The fourth-order valence-corrected chi connectivity index (χ4v) is 2.29. The van der Waals surface area contributed by atoms with Gasteiger partial charge in [0, 0.05) is 29.0 Å². The Labute approximate surface area is 113 Å². The van der Waals surface area contributed by atoms with Crippen LogP contribution in [0.15, 0.2) is 34.9 Å². The van der Waals surface area contributed by atoms with E-state index >= 15 is 0 Å². The third-order valence-corrected chi connectivity index (χ3v) is 3.35. The van der Waals surface area contributed by atoms with Crippen LogP contribution in [-0.4, -0.2) is 20.8 Å². The van der Waals surface area contributed by atoms with Gasteiger partial charge in [0.05, 0.1) is 5.69 Å². The molecular formula is C13H9ClN2O3. The fraction of sp³-hybridized carbons (Fsp3) is 0.0769. The van der Waals surface area contributed by atoms with E-state index in [0.29, 0.717) is 10.7 Å². The van der Waals surface area contributed by atoms with Crippen molar-refractivity contribution in [2.45, 2.75) is 0 Å². The van der Waals surface area contributed by atoms with E-state index in [1.807, 2.05) is 29.8 Å². The van der Waals surface area contributed by atoms with Crippen LogP contribution in [0.5, 0.6) is 0 Å². The van der Waals surface area contributed by atoms with Crippen molar-refractivity contribution >= 4 is 28.5 Å². The minimum Gasteiger partial charge on any atom is -0.475 e. The lowest BCUT2D eigenvalue weighted by Gasteiger charge is -2.00. The van der Waals surface area contributed by atoms with Crippen molar-refractivity contribution in [3.63, 3.8) is 0 Å². The number of aromatic carboxylic acids is 1. The van der Waals surface area contributed by atoms with Crippen LogP contribution in [-0.2, 0) is 7.05 Å². The van der Waals surface area contributed by atoms with Crippen LogP contribution in [0.25, 0.3) is 22.3 Å². The van der Waals surface area contributed by atoms with E-state index in [2.05, 4.69) is 5.16 Å². The summed E-state index contributed by atoms with van der Waals surface area (Å²) in [6, 6.07) is 8.85. The molecule has 0 aliphatic heterocycles. The number of rotatable bonds is 2. The van der Waals surface area contributed by atoms with Gasteiger partial charge in [-0.3, -0.25) is 0 Å². The van der Waals surface area contributed by atoms with Crippen LogP contribution in [0.3, 0.4) is 0 Å². The lowest BCUT2D eigenvalue weighted by Crippen LogP contribution is -1.92. The van der Waals surface area contributed by atoms with Crippen LogP contribution in [0, 0.1) is 0 Å². The average molecular weight is 277 g/mol. The SMILES string of the molecule is Cn1c(-c2cc(C(=O)O)on2)cc2c(Cl)cccc21. The zero-order chi connectivity index (χ0) is 13.6. The Kier molecular flexibility index (Phi) is 2.57. The summed E-state index contributed by atoms with van der Waals surface area (Å²) in [6.45, 7) is 0. The Morgan fingerprint density at radius 3 is 2.84 bits per heavy atom. The molecule has 0 atom stereocenters. The van der Waals surface area contributed by atoms with Gasteiger partial charge < -0.3 is 14.2 Å². The van der Waals surface area contributed by atoms with Gasteiger partial charge in [-0.05, 0) is 18.2 Å². The topological polar surface area (TPSA) is 68.3 Å². The number of halogens is 1. The first-order valence-corrected chi connectivity index (χ1v) is 5.90. The minimum absolute atomic E-state index is 0.189. The maximum atomic E-state index is 10.8. The maximum Gasteiger partial charge on any atom is 0.374 e. The van der Waals surface area contributed by atoms with Gasteiger partial charge in [-0.1, -0.05) is 22.8 Å². The fourth-order valence-electron chi connectivity index (χ4n) is 2.07. The highest BCUT2D eigenvalue weighted by molar-refractivity contribution is 6.35. The lowest BCUT2D eigenvalue weighted by atomic mass is 10.2. The number of hydrogen-bond acceptors (Lipinski definition) is 3. The van der Waals surface area contributed by atoms with Crippen LogP contribution >= 0.6 is 11.6 Å². The first-order chi connectivity index (χ1) is 9.08. The van der Waals surface area contributed by atoms with Crippen LogP contribution < -0.4 is 0 Å². The summed E-state index contributed by atoms with van der Waals surface area (Å²) >= 11 is 6.13. The third-order valence-electron chi connectivity index (χ3n) is 3.02. The second-order valence-electron chi connectivity index (χ2n) is 4.14. The number of aromatic nitrogens is 2. The molecule has 0 aliphatic rings. The van der Waals surface area contributed by atoms with Crippen molar-refractivity contribution in [3.05, 3.63) is 41.1 Å². The predicted octanol–water partition coefficient (Wildman–Crippen LogP) is 3.18. The first kappa shape index (κ1) is 11.8. The summed E-state index contributed by atoms with van der Waals surface area (Å²) in [6.07, 6.45) is 0. The Morgan fingerprint density at radius 2 is 2.21 bits per heavy atom. The predicted molar refractivity (Wildman–Crippen MR) is 70.4 cm³/mol. The van der Waals surface area contributed by atoms with Gasteiger partial charge in [-0.2, -0.15) is 0 Å². The lowest BCUT2D eigenvalue weighted by molar-refractivity contribution is 0.0652. The first-order valence-electron chi connectivity index (χ1n) is 5.52. The molecule has 3 aromatic rings. The molecule has 5 nitrogen and oxygen atoms in total. The quantitative estimate of drug-likeness (QED) is 0.780. The molecule has 2 aromatic heterocycles. The Balaban J connectivity index is 2.22. The molecular weight excluding hydrogens is 268 g/mol. The molecule has 0 amide bonds. The van der Waals surface area contributed by atoms with Crippen LogP contribution in [0.4, 0.5) is 0 Å². The molecule has 96 valence electrons. The van der Waals surface area contributed by atoms with E-state index in [0.717, 1.165) is 16.6 Å².